The van der Waals surface area contributed by atoms with E-state index in [1.54, 1.807) is 32.1 Å². The Morgan fingerprint density at radius 2 is 2.05 bits per heavy atom. The third-order valence-corrected chi connectivity index (χ3v) is 2.79. The molecule has 19 heavy (non-hydrogen) atoms. The summed E-state index contributed by atoms with van der Waals surface area (Å²) >= 11 is 0. The summed E-state index contributed by atoms with van der Waals surface area (Å²) in [5, 5.41) is 0. The normalized spacial score (nSPS) is 11.3. The SMILES string of the molecule is CCOC(=O)/C(C)=C/c1ccc(OC)c(F)c1CC. The van der Waals surface area contributed by atoms with Crippen LogP contribution >= 0.6 is 0 Å². The van der Waals surface area contributed by atoms with Crippen LogP contribution in [0.15, 0.2) is 17.7 Å². The summed E-state index contributed by atoms with van der Waals surface area (Å²) in [6.07, 6.45) is 2.16. The van der Waals surface area contributed by atoms with E-state index in [0.29, 0.717) is 29.7 Å². The fourth-order valence-electron chi connectivity index (χ4n) is 1.80. The van der Waals surface area contributed by atoms with Gasteiger partial charge < -0.3 is 9.47 Å². The Balaban J connectivity index is 3.17. The number of carbonyl (C=O) groups is 1. The third-order valence-electron chi connectivity index (χ3n) is 2.79. The van der Waals surface area contributed by atoms with Gasteiger partial charge in [0.1, 0.15) is 0 Å². The van der Waals surface area contributed by atoms with Crippen LogP contribution in [0.1, 0.15) is 31.9 Å². The third kappa shape index (κ3) is 3.56. The Kier molecular flexibility index (Phi) is 5.55. The molecule has 0 spiro atoms. The highest BCUT2D eigenvalue weighted by Crippen LogP contribution is 2.26. The molecular weight excluding hydrogens is 247 g/mol. The smallest absolute Gasteiger partial charge is 0.333 e. The Morgan fingerprint density at radius 1 is 1.37 bits per heavy atom. The Labute approximate surface area is 113 Å². The molecule has 1 aromatic carbocycles. The van der Waals surface area contributed by atoms with Crippen LogP contribution in [-0.4, -0.2) is 19.7 Å². The standard InChI is InChI=1S/C15H19FO3/c1-5-12-11(7-8-13(18-4)14(12)16)9-10(3)15(17)19-6-2/h7-9H,5-6H2,1-4H3/b10-9+. The van der Waals surface area contributed by atoms with Crippen LogP contribution in [0, 0.1) is 5.82 Å². The monoisotopic (exact) mass is 266 g/mol. The first-order valence-electron chi connectivity index (χ1n) is 6.25. The van der Waals surface area contributed by atoms with Crippen LogP contribution < -0.4 is 4.74 Å². The zero-order chi connectivity index (χ0) is 14.4. The topological polar surface area (TPSA) is 35.5 Å². The van der Waals surface area contributed by atoms with E-state index in [4.69, 9.17) is 9.47 Å². The number of ether oxygens (including phenoxy) is 2. The molecule has 0 aromatic heterocycles. The molecule has 0 unspecified atom stereocenters. The van der Waals surface area contributed by atoms with Gasteiger partial charge in [0.2, 0.25) is 0 Å². The van der Waals surface area contributed by atoms with Crippen LogP contribution in [-0.2, 0) is 16.0 Å². The van der Waals surface area contributed by atoms with E-state index < -0.39 is 0 Å². The molecule has 0 N–H and O–H groups in total. The molecule has 0 saturated carbocycles. The summed E-state index contributed by atoms with van der Waals surface area (Å²) in [5.41, 5.74) is 1.65. The van der Waals surface area contributed by atoms with E-state index in [-0.39, 0.29) is 17.5 Å². The summed E-state index contributed by atoms with van der Waals surface area (Å²) in [4.78, 5) is 11.5. The highest BCUT2D eigenvalue weighted by atomic mass is 19.1. The fourth-order valence-corrected chi connectivity index (χ4v) is 1.80. The van der Waals surface area contributed by atoms with Gasteiger partial charge in [0.15, 0.2) is 11.6 Å². The summed E-state index contributed by atoms with van der Waals surface area (Å²) < 4.78 is 23.9. The first-order valence-corrected chi connectivity index (χ1v) is 6.25. The molecule has 0 heterocycles. The minimum absolute atomic E-state index is 0.211. The van der Waals surface area contributed by atoms with Crippen LogP contribution in [0.2, 0.25) is 0 Å². The molecular formula is C15H19FO3. The van der Waals surface area contributed by atoms with Gasteiger partial charge in [0.25, 0.3) is 0 Å². The van der Waals surface area contributed by atoms with Crippen molar-refractivity contribution in [3.63, 3.8) is 0 Å². The fraction of sp³-hybridized carbons (Fsp3) is 0.400. The van der Waals surface area contributed by atoms with Crippen molar-refractivity contribution in [2.24, 2.45) is 0 Å². The maximum Gasteiger partial charge on any atom is 0.333 e. The van der Waals surface area contributed by atoms with Crippen molar-refractivity contribution < 1.29 is 18.7 Å². The van der Waals surface area contributed by atoms with E-state index in [0.717, 1.165) is 0 Å². The lowest BCUT2D eigenvalue weighted by Gasteiger charge is -2.10. The van der Waals surface area contributed by atoms with Crippen LogP contribution in [0.3, 0.4) is 0 Å². The Hall–Kier alpha value is -1.84. The zero-order valence-corrected chi connectivity index (χ0v) is 11.7. The highest BCUT2D eigenvalue weighted by Gasteiger charge is 2.13. The second kappa shape index (κ2) is 6.92. The van der Waals surface area contributed by atoms with Gasteiger partial charge >= 0.3 is 5.97 Å². The molecule has 3 nitrogen and oxygen atoms in total. The summed E-state index contributed by atoms with van der Waals surface area (Å²) in [6, 6.07) is 3.29. The van der Waals surface area contributed by atoms with E-state index in [9.17, 15) is 9.18 Å². The molecule has 0 bridgehead atoms. The number of hydrogen-bond donors (Lipinski definition) is 0. The van der Waals surface area contributed by atoms with Crippen molar-refractivity contribution in [1.82, 2.24) is 0 Å². The van der Waals surface area contributed by atoms with Crippen molar-refractivity contribution in [3.8, 4) is 5.75 Å². The van der Waals surface area contributed by atoms with Crippen LogP contribution in [0.5, 0.6) is 5.75 Å². The van der Waals surface area contributed by atoms with Crippen molar-refractivity contribution in [3.05, 3.63) is 34.6 Å². The molecule has 1 rings (SSSR count). The molecule has 0 aliphatic carbocycles. The van der Waals surface area contributed by atoms with E-state index in [1.807, 2.05) is 6.92 Å². The van der Waals surface area contributed by atoms with Crippen molar-refractivity contribution >= 4 is 12.0 Å². The van der Waals surface area contributed by atoms with Crippen molar-refractivity contribution in [2.75, 3.05) is 13.7 Å². The van der Waals surface area contributed by atoms with Gasteiger partial charge in [0, 0.05) is 5.57 Å². The first kappa shape index (κ1) is 15.2. The molecule has 0 saturated heterocycles. The molecule has 104 valence electrons. The summed E-state index contributed by atoms with van der Waals surface area (Å²) in [7, 11) is 1.43. The van der Waals surface area contributed by atoms with E-state index in [1.165, 1.54) is 7.11 Å². The quantitative estimate of drug-likeness (QED) is 0.605. The van der Waals surface area contributed by atoms with Gasteiger partial charge in [-0.25, -0.2) is 9.18 Å². The summed E-state index contributed by atoms with van der Waals surface area (Å²) in [6.45, 7) is 5.58. The maximum atomic E-state index is 14.1. The number of methoxy groups -OCH3 is 1. The Bertz CT molecular complexity index is 492. The van der Waals surface area contributed by atoms with Crippen LogP contribution in [0.25, 0.3) is 6.08 Å². The molecule has 0 amide bonds. The number of benzene rings is 1. The second-order valence-corrected chi connectivity index (χ2v) is 4.05. The molecule has 0 atom stereocenters. The first-order chi connectivity index (χ1) is 9.04. The number of halogens is 1. The lowest BCUT2D eigenvalue weighted by atomic mass is 10.0. The van der Waals surface area contributed by atoms with Crippen molar-refractivity contribution in [1.29, 1.82) is 0 Å². The molecule has 1 aromatic rings. The number of esters is 1. The molecule has 0 aliphatic rings. The molecule has 0 aliphatic heterocycles. The average Bonchev–Trinajstić information content (AvgIpc) is 2.39. The highest BCUT2D eigenvalue weighted by molar-refractivity contribution is 5.93. The van der Waals surface area contributed by atoms with Crippen molar-refractivity contribution in [2.45, 2.75) is 27.2 Å². The molecule has 0 fully saturated rings. The maximum absolute atomic E-state index is 14.1. The predicted molar refractivity (Wildman–Crippen MR) is 72.6 cm³/mol. The van der Waals surface area contributed by atoms with Gasteiger partial charge in [-0.15, -0.1) is 0 Å². The molecule has 0 radical (unpaired) electrons. The average molecular weight is 266 g/mol. The van der Waals surface area contributed by atoms with Crippen LogP contribution in [0.4, 0.5) is 4.39 Å². The minimum Gasteiger partial charge on any atom is -0.494 e. The van der Waals surface area contributed by atoms with Gasteiger partial charge in [-0.05, 0) is 43.5 Å². The number of carbonyl (C=O) groups excluding carboxylic acids is 1. The lowest BCUT2D eigenvalue weighted by Crippen LogP contribution is -2.05. The number of hydrogen-bond acceptors (Lipinski definition) is 3. The largest absolute Gasteiger partial charge is 0.494 e. The lowest BCUT2D eigenvalue weighted by molar-refractivity contribution is -0.138. The van der Waals surface area contributed by atoms with Gasteiger partial charge in [-0.1, -0.05) is 13.0 Å². The predicted octanol–water partition coefficient (Wildman–Crippen LogP) is 3.36. The minimum atomic E-state index is -0.388. The van der Waals surface area contributed by atoms with Gasteiger partial charge in [0.05, 0.1) is 13.7 Å². The number of rotatable bonds is 5. The van der Waals surface area contributed by atoms with E-state index in [2.05, 4.69) is 0 Å². The van der Waals surface area contributed by atoms with Gasteiger partial charge in [-0.2, -0.15) is 0 Å². The zero-order valence-electron chi connectivity index (χ0n) is 11.7. The second-order valence-electron chi connectivity index (χ2n) is 4.05. The summed E-state index contributed by atoms with van der Waals surface area (Å²) in [5.74, 6) is -0.557. The Morgan fingerprint density at radius 3 is 2.58 bits per heavy atom. The molecule has 4 heteroatoms. The van der Waals surface area contributed by atoms with Gasteiger partial charge in [-0.3, -0.25) is 0 Å². The van der Waals surface area contributed by atoms with E-state index >= 15 is 0 Å².